The van der Waals surface area contributed by atoms with Crippen LogP contribution in [0, 0.1) is 12.7 Å². The van der Waals surface area contributed by atoms with Crippen molar-refractivity contribution in [2.24, 2.45) is 0 Å². The van der Waals surface area contributed by atoms with Crippen LogP contribution in [0.4, 0.5) is 4.39 Å². The third-order valence-corrected chi connectivity index (χ3v) is 4.93. The number of rotatable bonds is 6. The molecule has 1 N–H and O–H groups in total. The summed E-state index contributed by atoms with van der Waals surface area (Å²) in [6.07, 6.45) is 0.541. The molecule has 140 valence electrons. The van der Waals surface area contributed by atoms with E-state index in [9.17, 15) is 14.0 Å². The molecule has 2 heterocycles. The molecule has 1 amide bonds. The highest BCUT2D eigenvalue weighted by Gasteiger charge is 2.23. The van der Waals surface area contributed by atoms with Crippen molar-refractivity contribution >= 4 is 23.2 Å². The highest BCUT2D eigenvalue weighted by Crippen LogP contribution is 2.28. The lowest BCUT2D eigenvalue weighted by molar-refractivity contribution is -0.129. The second kappa shape index (κ2) is 8.13. The Kier molecular flexibility index (Phi) is 5.66. The molecular weight excluding hydrogens is 371 g/mol. The number of hydrogen-bond donors (Lipinski definition) is 1. The molecule has 0 saturated carbocycles. The molecule has 3 rings (SSSR count). The van der Waals surface area contributed by atoms with Gasteiger partial charge >= 0.3 is 5.97 Å². The Hall–Kier alpha value is -3.00. The first-order chi connectivity index (χ1) is 12.9. The molecule has 0 radical (unpaired) electrons. The number of nitrogens with one attached hydrogen (secondary N) is 1. The number of benzene rings is 1. The Bertz CT molecular complexity index is 935. The third-order valence-electron chi connectivity index (χ3n) is 3.74. The molecule has 1 atom stereocenters. The lowest BCUT2D eigenvalue weighted by Gasteiger charge is -2.12. The van der Waals surface area contributed by atoms with Crippen LogP contribution in [-0.4, -0.2) is 23.0 Å². The highest BCUT2D eigenvalue weighted by atomic mass is 32.1. The average molecular weight is 388 g/mol. The van der Waals surface area contributed by atoms with Crippen LogP contribution in [0.5, 0.6) is 0 Å². The molecule has 2 aromatic heterocycles. The first kappa shape index (κ1) is 18.8. The van der Waals surface area contributed by atoms with Gasteiger partial charge in [0.05, 0.1) is 18.5 Å². The zero-order valence-corrected chi connectivity index (χ0v) is 15.5. The minimum Gasteiger partial charge on any atom is -0.467 e. The number of esters is 1. The Morgan fingerprint density at radius 2 is 2.04 bits per heavy atom. The van der Waals surface area contributed by atoms with Crippen molar-refractivity contribution in [2.45, 2.75) is 26.5 Å². The van der Waals surface area contributed by atoms with Crippen molar-refractivity contribution in [3.05, 3.63) is 64.8 Å². The van der Waals surface area contributed by atoms with E-state index >= 15 is 0 Å². The van der Waals surface area contributed by atoms with Crippen molar-refractivity contribution < 1.29 is 23.1 Å². The fraction of sp³-hybridized carbons (Fsp3) is 0.211. The summed E-state index contributed by atoms with van der Waals surface area (Å²) in [7, 11) is 0. The number of thiazole rings is 1. The van der Waals surface area contributed by atoms with Gasteiger partial charge in [-0.3, -0.25) is 4.79 Å². The van der Waals surface area contributed by atoms with Crippen molar-refractivity contribution in [3.8, 4) is 10.6 Å². The molecule has 0 aliphatic heterocycles. The van der Waals surface area contributed by atoms with Crippen LogP contribution in [0.1, 0.15) is 28.0 Å². The molecule has 1 unspecified atom stereocenters. The maximum atomic E-state index is 13.1. The predicted octanol–water partition coefficient (Wildman–Crippen LogP) is 3.71. The number of furan rings is 1. The molecule has 0 aliphatic carbocycles. The van der Waals surface area contributed by atoms with Crippen molar-refractivity contribution in [1.29, 1.82) is 0 Å². The van der Waals surface area contributed by atoms with Crippen LogP contribution in [-0.2, 0) is 16.1 Å². The van der Waals surface area contributed by atoms with Gasteiger partial charge in [0.2, 0.25) is 0 Å². The zero-order chi connectivity index (χ0) is 19.4. The summed E-state index contributed by atoms with van der Waals surface area (Å²) in [4.78, 5) is 29.1. The normalized spacial score (nSPS) is 11.8. The van der Waals surface area contributed by atoms with Gasteiger partial charge < -0.3 is 14.5 Å². The first-order valence-corrected chi connectivity index (χ1v) is 9.00. The molecule has 0 spiro atoms. The Balaban J connectivity index is 1.63. The molecule has 3 aromatic rings. The number of ether oxygens (including phenoxy) is 1. The van der Waals surface area contributed by atoms with Gasteiger partial charge in [0.1, 0.15) is 21.5 Å². The number of carbonyl (C=O) groups is 2. The van der Waals surface area contributed by atoms with E-state index in [-0.39, 0.29) is 12.4 Å². The van der Waals surface area contributed by atoms with E-state index in [1.165, 1.54) is 25.3 Å². The molecule has 0 bridgehead atoms. The Morgan fingerprint density at radius 3 is 2.70 bits per heavy atom. The van der Waals surface area contributed by atoms with Crippen molar-refractivity contribution in [3.63, 3.8) is 0 Å². The van der Waals surface area contributed by atoms with Crippen molar-refractivity contribution in [1.82, 2.24) is 10.3 Å². The molecule has 6 nitrogen and oxygen atoms in total. The fourth-order valence-corrected chi connectivity index (χ4v) is 3.26. The second-order valence-electron chi connectivity index (χ2n) is 5.79. The van der Waals surface area contributed by atoms with Crippen LogP contribution >= 0.6 is 11.3 Å². The summed E-state index contributed by atoms with van der Waals surface area (Å²) in [5.74, 6) is -0.801. The lowest BCUT2D eigenvalue weighted by atomic mass is 10.2. The van der Waals surface area contributed by atoms with Gasteiger partial charge in [-0.1, -0.05) is 0 Å². The van der Waals surface area contributed by atoms with E-state index in [2.05, 4.69) is 10.3 Å². The van der Waals surface area contributed by atoms with E-state index in [1.807, 2.05) is 0 Å². The summed E-state index contributed by atoms with van der Waals surface area (Å²) in [5.41, 5.74) is 1.19. The maximum Gasteiger partial charge on any atom is 0.351 e. The maximum absolute atomic E-state index is 13.1. The van der Waals surface area contributed by atoms with Crippen LogP contribution in [0.3, 0.4) is 0 Å². The molecule has 0 saturated heterocycles. The monoisotopic (exact) mass is 388 g/mol. The van der Waals surface area contributed by atoms with Gasteiger partial charge in [-0.25, -0.2) is 14.2 Å². The topological polar surface area (TPSA) is 81.4 Å². The second-order valence-corrected chi connectivity index (χ2v) is 6.78. The number of nitrogens with zero attached hydrogens (tertiary/aromatic N) is 1. The van der Waals surface area contributed by atoms with Crippen LogP contribution in [0.2, 0.25) is 0 Å². The zero-order valence-electron chi connectivity index (χ0n) is 14.7. The average Bonchev–Trinajstić information content (AvgIpc) is 3.29. The van der Waals surface area contributed by atoms with Gasteiger partial charge in [-0.05, 0) is 50.2 Å². The summed E-state index contributed by atoms with van der Waals surface area (Å²) in [6.45, 7) is 3.39. The largest absolute Gasteiger partial charge is 0.467 e. The van der Waals surface area contributed by atoms with E-state index in [0.717, 1.165) is 11.3 Å². The minimum atomic E-state index is -0.969. The quantitative estimate of drug-likeness (QED) is 0.651. The number of halogens is 1. The van der Waals surface area contributed by atoms with Gasteiger partial charge in [0, 0.05) is 5.56 Å². The highest BCUT2D eigenvalue weighted by molar-refractivity contribution is 7.17. The number of hydrogen-bond acceptors (Lipinski definition) is 6. The molecule has 0 aliphatic rings. The van der Waals surface area contributed by atoms with Crippen molar-refractivity contribution in [2.75, 3.05) is 0 Å². The first-order valence-electron chi connectivity index (χ1n) is 8.18. The van der Waals surface area contributed by atoms with Gasteiger partial charge in [0.15, 0.2) is 6.10 Å². The third kappa shape index (κ3) is 4.59. The SMILES string of the molecule is Cc1nc(-c2ccc(F)cc2)sc1C(=O)OC(C)C(=O)NCc1ccco1. The van der Waals surface area contributed by atoms with Gasteiger partial charge in [-0.2, -0.15) is 0 Å². The molecule has 1 aromatic carbocycles. The number of aromatic nitrogens is 1. The molecule has 27 heavy (non-hydrogen) atoms. The van der Waals surface area contributed by atoms with E-state index < -0.39 is 18.0 Å². The van der Waals surface area contributed by atoms with Gasteiger partial charge in [0.25, 0.3) is 5.91 Å². The number of amides is 1. The van der Waals surface area contributed by atoms with Crippen LogP contribution < -0.4 is 5.32 Å². The lowest BCUT2D eigenvalue weighted by Crippen LogP contribution is -2.35. The standard InChI is InChI=1S/C19H17FN2O4S/c1-11-16(27-18(22-11)13-5-7-14(20)8-6-13)19(24)26-12(2)17(23)21-10-15-4-3-9-25-15/h3-9,12H,10H2,1-2H3,(H,21,23). The fourth-order valence-electron chi connectivity index (χ4n) is 2.30. The number of carbonyl (C=O) groups excluding carboxylic acids is 2. The Labute approximate surface area is 159 Å². The van der Waals surface area contributed by atoms with E-state index in [4.69, 9.17) is 9.15 Å². The minimum absolute atomic E-state index is 0.210. The van der Waals surface area contributed by atoms with Crippen LogP contribution in [0.15, 0.2) is 47.1 Å². The summed E-state index contributed by atoms with van der Waals surface area (Å²) < 4.78 is 23.4. The predicted molar refractivity (Wildman–Crippen MR) is 97.7 cm³/mol. The van der Waals surface area contributed by atoms with Crippen LogP contribution in [0.25, 0.3) is 10.6 Å². The molecule has 8 heteroatoms. The van der Waals surface area contributed by atoms with E-state index in [1.54, 1.807) is 31.2 Å². The smallest absolute Gasteiger partial charge is 0.351 e. The Morgan fingerprint density at radius 1 is 1.30 bits per heavy atom. The summed E-state index contributed by atoms with van der Waals surface area (Å²) in [5, 5.41) is 3.21. The molecular formula is C19H17FN2O4S. The number of aryl methyl sites for hydroxylation is 1. The summed E-state index contributed by atoms with van der Waals surface area (Å²) in [6, 6.07) is 9.29. The summed E-state index contributed by atoms with van der Waals surface area (Å²) >= 11 is 1.14. The molecule has 0 fully saturated rings. The van der Waals surface area contributed by atoms with Gasteiger partial charge in [-0.15, -0.1) is 11.3 Å². The van der Waals surface area contributed by atoms with E-state index in [0.29, 0.717) is 26.9 Å².